The van der Waals surface area contributed by atoms with E-state index in [1.807, 2.05) is 37.3 Å². The third-order valence-electron chi connectivity index (χ3n) is 3.45. The SMILES string of the molecule is CCNCCNC[C@H](NCC(=O)O)C(OCC)c1ccccc1. The summed E-state index contributed by atoms with van der Waals surface area (Å²) in [6, 6.07) is 9.79. The molecular weight excluding hydrogens is 294 g/mol. The monoisotopic (exact) mass is 323 g/mol. The first-order chi connectivity index (χ1) is 11.2. The van der Waals surface area contributed by atoms with Crippen LogP contribution >= 0.6 is 0 Å². The van der Waals surface area contributed by atoms with Crippen molar-refractivity contribution in [1.82, 2.24) is 16.0 Å². The van der Waals surface area contributed by atoms with Gasteiger partial charge in [-0.2, -0.15) is 0 Å². The minimum atomic E-state index is -0.869. The number of nitrogens with one attached hydrogen (secondary N) is 3. The molecule has 0 amide bonds. The van der Waals surface area contributed by atoms with Crippen LogP contribution in [-0.4, -0.2) is 56.4 Å². The second kappa shape index (κ2) is 12.0. The zero-order chi connectivity index (χ0) is 16.9. The van der Waals surface area contributed by atoms with Crippen LogP contribution in [0.3, 0.4) is 0 Å². The van der Waals surface area contributed by atoms with Gasteiger partial charge in [0.2, 0.25) is 0 Å². The number of hydrogen-bond donors (Lipinski definition) is 4. The zero-order valence-electron chi connectivity index (χ0n) is 14.0. The first-order valence-electron chi connectivity index (χ1n) is 8.22. The van der Waals surface area contributed by atoms with Gasteiger partial charge in [0.1, 0.15) is 0 Å². The molecule has 0 fully saturated rings. The Morgan fingerprint density at radius 3 is 2.48 bits per heavy atom. The molecule has 1 rings (SSSR count). The van der Waals surface area contributed by atoms with Crippen LogP contribution in [0.5, 0.6) is 0 Å². The average Bonchev–Trinajstić information content (AvgIpc) is 2.56. The van der Waals surface area contributed by atoms with Gasteiger partial charge in [-0.3, -0.25) is 4.79 Å². The highest BCUT2D eigenvalue weighted by Gasteiger charge is 2.23. The predicted molar refractivity (Wildman–Crippen MR) is 91.6 cm³/mol. The Balaban J connectivity index is 2.70. The topological polar surface area (TPSA) is 82.6 Å². The lowest BCUT2D eigenvalue weighted by Crippen LogP contribution is -2.46. The Hall–Kier alpha value is -1.47. The van der Waals surface area contributed by atoms with E-state index in [0.717, 1.165) is 25.2 Å². The molecule has 0 bridgehead atoms. The van der Waals surface area contributed by atoms with E-state index in [-0.39, 0.29) is 18.7 Å². The average molecular weight is 323 g/mol. The molecule has 0 aliphatic carbocycles. The molecule has 23 heavy (non-hydrogen) atoms. The highest BCUT2D eigenvalue weighted by molar-refractivity contribution is 5.69. The minimum absolute atomic E-state index is 0.0873. The molecule has 0 radical (unpaired) electrons. The number of carboxylic acids is 1. The Bertz CT molecular complexity index is 428. The molecule has 130 valence electrons. The number of aliphatic carboxylic acids is 1. The largest absolute Gasteiger partial charge is 0.480 e. The molecular formula is C17H29N3O3. The molecule has 1 unspecified atom stereocenters. The second-order valence-electron chi connectivity index (χ2n) is 5.23. The molecule has 0 aliphatic rings. The van der Waals surface area contributed by atoms with Crippen molar-refractivity contribution in [3.8, 4) is 0 Å². The van der Waals surface area contributed by atoms with Crippen molar-refractivity contribution in [3.05, 3.63) is 35.9 Å². The van der Waals surface area contributed by atoms with Gasteiger partial charge >= 0.3 is 5.97 Å². The van der Waals surface area contributed by atoms with Crippen molar-refractivity contribution < 1.29 is 14.6 Å². The fourth-order valence-electron chi connectivity index (χ4n) is 2.38. The van der Waals surface area contributed by atoms with Gasteiger partial charge in [0.05, 0.1) is 18.7 Å². The van der Waals surface area contributed by atoms with Gasteiger partial charge in [-0.1, -0.05) is 37.3 Å². The van der Waals surface area contributed by atoms with Gasteiger partial charge in [0.15, 0.2) is 0 Å². The maximum absolute atomic E-state index is 10.9. The summed E-state index contributed by atoms with van der Waals surface area (Å²) in [5.74, 6) is -0.869. The van der Waals surface area contributed by atoms with Crippen LogP contribution < -0.4 is 16.0 Å². The number of benzene rings is 1. The van der Waals surface area contributed by atoms with E-state index in [4.69, 9.17) is 9.84 Å². The molecule has 0 heterocycles. The molecule has 0 aromatic heterocycles. The summed E-state index contributed by atoms with van der Waals surface area (Å²) in [6.07, 6.45) is -0.188. The third kappa shape index (κ3) is 8.08. The van der Waals surface area contributed by atoms with Crippen LogP contribution in [0.15, 0.2) is 30.3 Å². The quantitative estimate of drug-likeness (QED) is 0.406. The van der Waals surface area contributed by atoms with E-state index in [0.29, 0.717) is 13.2 Å². The van der Waals surface area contributed by atoms with Crippen LogP contribution in [-0.2, 0) is 9.53 Å². The molecule has 0 saturated carbocycles. The number of rotatable bonds is 13. The number of likely N-dealkylation sites (N-methyl/N-ethyl adjacent to an activating group) is 1. The molecule has 0 aliphatic heterocycles. The molecule has 1 aromatic carbocycles. The lowest BCUT2D eigenvalue weighted by Gasteiger charge is -2.28. The smallest absolute Gasteiger partial charge is 0.317 e. The Morgan fingerprint density at radius 1 is 1.17 bits per heavy atom. The first kappa shape index (κ1) is 19.6. The summed E-state index contributed by atoms with van der Waals surface area (Å²) in [5.41, 5.74) is 1.05. The van der Waals surface area contributed by atoms with Crippen LogP contribution in [0, 0.1) is 0 Å². The zero-order valence-corrected chi connectivity index (χ0v) is 14.0. The summed E-state index contributed by atoms with van der Waals surface area (Å²) in [7, 11) is 0. The minimum Gasteiger partial charge on any atom is -0.480 e. The molecule has 6 nitrogen and oxygen atoms in total. The molecule has 4 N–H and O–H groups in total. The van der Waals surface area contributed by atoms with E-state index in [1.54, 1.807) is 0 Å². The highest BCUT2D eigenvalue weighted by atomic mass is 16.5. The lowest BCUT2D eigenvalue weighted by atomic mass is 10.0. The van der Waals surface area contributed by atoms with Crippen molar-refractivity contribution in [3.63, 3.8) is 0 Å². The normalized spacial score (nSPS) is 13.7. The first-order valence-corrected chi connectivity index (χ1v) is 8.22. The lowest BCUT2D eigenvalue weighted by molar-refractivity contribution is -0.136. The van der Waals surface area contributed by atoms with Crippen LogP contribution in [0.4, 0.5) is 0 Å². The highest BCUT2D eigenvalue weighted by Crippen LogP contribution is 2.21. The number of ether oxygens (including phenoxy) is 1. The summed E-state index contributed by atoms with van der Waals surface area (Å²) >= 11 is 0. The van der Waals surface area contributed by atoms with Crippen molar-refractivity contribution in [2.45, 2.75) is 26.0 Å². The van der Waals surface area contributed by atoms with Gasteiger partial charge in [-0.05, 0) is 19.0 Å². The van der Waals surface area contributed by atoms with E-state index in [1.165, 1.54) is 0 Å². The van der Waals surface area contributed by atoms with Crippen molar-refractivity contribution in [2.24, 2.45) is 0 Å². The Morgan fingerprint density at radius 2 is 1.87 bits per heavy atom. The number of carbonyl (C=O) groups is 1. The standard InChI is InChI=1S/C17H29N3O3/c1-3-18-10-11-19-12-15(20-13-16(21)22)17(23-4-2)14-8-6-5-7-9-14/h5-9,15,17-20H,3-4,10-13H2,1-2H3,(H,21,22)/t15-,17?/m0/s1. The third-order valence-corrected chi connectivity index (χ3v) is 3.45. The number of hydrogen-bond acceptors (Lipinski definition) is 5. The second-order valence-corrected chi connectivity index (χ2v) is 5.23. The van der Waals surface area contributed by atoms with Gasteiger partial charge in [-0.15, -0.1) is 0 Å². The van der Waals surface area contributed by atoms with E-state index >= 15 is 0 Å². The summed E-state index contributed by atoms with van der Waals surface area (Å²) in [4.78, 5) is 10.9. The van der Waals surface area contributed by atoms with Crippen molar-refractivity contribution in [2.75, 3.05) is 39.3 Å². The Labute approximate surface area is 138 Å². The predicted octanol–water partition coefficient (Wildman–Crippen LogP) is 1.01. The molecule has 1 aromatic rings. The fourth-order valence-corrected chi connectivity index (χ4v) is 2.38. The summed E-state index contributed by atoms with van der Waals surface area (Å²) in [6.45, 7) is 7.78. The summed E-state index contributed by atoms with van der Waals surface area (Å²) < 4.78 is 5.89. The molecule has 2 atom stereocenters. The Kier molecular flexibility index (Phi) is 10.2. The van der Waals surface area contributed by atoms with Crippen LogP contribution in [0.2, 0.25) is 0 Å². The molecule has 0 saturated heterocycles. The van der Waals surface area contributed by atoms with Crippen molar-refractivity contribution in [1.29, 1.82) is 0 Å². The van der Waals surface area contributed by atoms with E-state index in [9.17, 15) is 4.79 Å². The van der Waals surface area contributed by atoms with Gasteiger partial charge < -0.3 is 25.8 Å². The maximum atomic E-state index is 10.9. The fraction of sp³-hybridized carbons (Fsp3) is 0.588. The molecule has 0 spiro atoms. The maximum Gasteiger partial charge on any atom is 0.317 e. The van der Waals surface area contributed by atoms with Crippen LogP contribution in [0.1, 0.15) is 25.5 Å². The molecule has 6 heteroatoms. The number of carboxylic acid groups (broad SMARTS) is 1. The van der Waals surface area contributed by atoms with E-state index in [2.05, 4.69) is 22.9 Å². The van der Waals surface area contributed by atoms with Gasteiger partial charge in [0.25, 0.3) is 0 Å². The van der Waals surface area contributed by atoms with E-state index < -0.39 is 5.97 Å². The van der Waals surface area contributed by atoms with Gasteiger partial charge in [0, 0.05) is 26.2 Å². The van der Waals surface area contributed by atoms with Crippen molar-refractivity contribution >= 4 is 5.97 Å². The summed E-state index contributed by atoms with van der Waals surface area (Å²) in [5, 5.41) is 18.6. The van der Waals surface area contributed by atoms with Crippen LogP contribution in [0.25, 0.3) is 0 Å². The van der Waals surface area contributed by atoms with Gasteiger partial charge in [-0.25, -0.2) is 0 Å².